The van der Waals surface area contributed by atoms with Crippen molar-refractivity contribution in [3.63, 3.8) is 0 Å². The number of halogens is 1. The van der Waals surface area contributed by atoms with Gasteiger partial charge in [0.05, 0.1) is 4.90 Å². The summed E-state index contributed by atoms with van der Waals surface area (Å²) in [6.45, 7) is 0. The number of rotatable bonds is 3. The van der Waals surface area contributed by atoms with Gasteiger partial charge >= 0.3 is 5.97 Å². The molecule has 2 rings (SSSR count). The first-order chi connectivity index (χ1) is 8.79. The van der Waals surface area contributed by atoms with Gasteiger partial charge in [0.1, 0.15) is 0 Å². The molecule has 0 unspecified atom stereocenters. The van der Waals surface area contributed by atoms with Gasteiger partial charge in [-0.15, -0.1) is 0 Å². The van der Waals surface area contributed by atoms with E-state index in [0.29, 0.717) is 4.47 Å². The van der Waals surface area contributed by atoms with Crippen molar-refractivity contribution in [3.05, 3.63) is 34.4 Å². The van der Waals surface area contributed by atoms with Crippen LogP contribution in [0, 0.1) is 0 Å². The molecule has 0 saturated heterocycles. The summed E-state index contributed by atoms with van der Waals surface area (Å²) in [7, 11) is -3.47. The van der Waals surface area contributed by atoms with Crippen LogP contribution in [0.5, 0.6) is 0 Å². The number of hydrogen-bond donors (Lipinski definition) is 1. The van der Waals surface area contributed by atoms with Gasteiger partial charge in [0.25, 0.3) is 0 Å². The lowest BCUT2D eigenvalue weighted by Gasteiger charge is -2.05. The predicted octanol–water partition coefficient (Wildman–Crippen LogP) is 2.21. The van der Waals surface area contributed by atoms with Gasteiger partial charge in [-0.25, -0.2) is 13.2 Å². The van der Waals surface area contributed by atoms with E-state index in [0.717, 1.165) is 6.26 Å². The summed E-state index contributed by atoms with van der Waals surface area (Å²) >= 11 is 3.22. The molecular formula is C11H8BrNO5S. The van der Waals surface area contributed by atoms with Gasteiger partial charge in [0.2, 0.25) is 0 Å². The monoisotopic (exact) mass is 345 g/mol. The summed E-state index contributed by atoms with van der Waals surface area (Å²) in [6.07, 6.45) is 1.06. The van der Waals surface area contributed by atoms with Crippen molar-refractivity contribution in [2.75, 3.05) is 6.26 Å². The van der Waals surface area contributed by atoms with Gasteiger partial charge in [-0.3, -0.25) is 0 Å². The van der Waals surface area contributed by atoms with Crippen LogP contribution in [0.4, 0.5) is 0 Å². The standard InChI is InChI=1S/C11H8BrNO5S/c1-19(16,17)10-3-2-6(12)4-7(10)9-5-8(11(14)15)13-18-9/h2-5H,1H3,(H,14,15). The molecule has 0 aliphatic carbocycles. The zero-order valence-electron chi connectivity index (χ0n) is 9.62. The first-order valence-corrected chi connectivity index (χ1v) is 7.67. The second-order valence-corrected chi connectivity index (χ2v) is 6.69. The smallest absolute Gasteiger partial charge is 0.358 e. The minimum Gasteiger partial charge on any atom is -0.476 e. The highest BCUT2D eigenvalue weighted by atomic mass is 79.9. The summed E-state index contributed by atoms with van der Waals surface area (Å²) < 4.78 is 28.9. The lowest BCUT2D eigenvalue weighted by Crippen LogP contribution is -1.99. The number of aromatic nitrogens is 1. The minimum atomic E-state index is -3.47. The SMILES string of the molecule is CS(=O)(=O)c1ccc(Br)cc1-c1cc(C(=O)O)no1. The summed E-state index contributed by atoms with van der Waals surface area (Å²) in [5.74, 6) is -1.16. The molecule has 0 fully saturated rings. The maximum atomic E-state index is 11.7. The van der Waals surface area contributed by atoms with Crippen molar-refractivity contribution in [1.82, 2.24) is 5.16 Å². The molecule has 0 spiro atoms. The largest absolute Gasteiger partial charge is 0.476 e. The Hall–Kier alpha value is -1.67. The molecule has 0 saturated carbocycles. The van der Waals surface area contributed by atoms with Crippen molar-refractivity contribution in [2.24, 2.45) is 0 Å². The molecule has 1 aromatic heterocycles. The second kappa shape index (κ2) is 4.78. The Balaban J connectivity index is 2.66. The summed E-state index contributed by atoms with van der Waals surface area (Å²) in [5, 5.41) is 12.1. The summed E-state index contributed by atoms with van der Waals surface area (Å²) in [6, 6.07) is 5.70. The Morgan fingerprint density at radius 2 is 2.05 bits per heavy atom. The molecule has 0 bridgehead atoms. The van der Waals surface area contributed by atoms with Gasteiger partial charge in [-0.05, 0) is 18.2 Å². The lowest BCUT2D eigenvalue weighted by molar-refractivity contribution is 0.0686. The second-order valence-electron chi connectivity index (χ2n) is 3.79. The number of nitrogens with zero attached hydrogens (tertiary/aromatic N) is 1. The molecule has 1 N–H and O–H groups in total. The van der Waals surface area contributed by atoms with Gasteiger partial charge in [0.15, 0.2) is 21.3 Å². The minimum absolute atomic E-state index is 0.0452. The van der Waals surface area contributed by atoms with E-state index in [-0.39, 0.29) is 21.9 Å². The molecular weight excluding hydrogens is 338 g/mol. The molecule has 19 heavy (non-hydrogen) atoms. The van der Waals surface area contributed by atoms with E-state index in [1.165, 1.54) is 18.2 Å². The Morgan fingerprint density at radius 1 is 1.37 bits per heavy atom. The molecule has 6 nitrogen and oxygen atoms in total. The Bertz CT molecular complexity index is 750. The van der Waals surface area contributed by atoms with Gasteiger partial charge in [-0.1, -0.05) is 21.1 Å². The van der Waals surface area contributed by atoms with Gasteiger partial charge in [-0.2, -0.15) is 0 Å². The van der Waals surface area contributed by atoms with Crippen LogP contribution in [0.15, 0.2) is 38.2 Å². The predicted molar refractivity (Wildman–Crippen MR) is 69.7 cm³/mol. The first kappa shape index (κ1) is 13.8. The van der Waals surface area contributed by atoms with Crippen LogP contribution >= 0.6 is 15.9 Å². The van der Waals surface area contributed by atoms with E-state index in [2.05, 4.69) is 21.1 Å². The number of carbonyl (C=O) groups is 1. The van der Waals surface area contributed by atoms with Gasteiger partial charge in [0, 0.05) is 22.4 Å². The fourth-order valence-electron chi connectivity index (χ4n) is 1.52. The maximum absolute atomic E-state index is 11.7. The van der Waals surface area contributed by atoms with Crippen molar-refractivity contribution in [1.29, 1.82) is 0 Å². The average Bonchev–Trinajstić information content (AvgIpc) is 2.76. The molecule has 0 amide bonds. The highest BCUT2D eigenvalue weighted by Gasteiger charge is 2.20. The molecule has 1 heterocycles. The van der Waals surface area contributed by atoms with E-state index < -0.39 is 15.8 Å². The summed E-state index contributed by atoms with van der Waals surface area (Å²) in [5.41, 5.74) is -0.0219. The molecule has 100 valence electrons. The van der Waals surface area contributed by atoms with Crippen LogP contribution in [-0.2, 0) is 9.84 Å². The third kappa shape index (κ3) is 2.85. The number of sulfone groups is 1. The normalized spacial score (nSPS) is 11.5. The number of hydrogen-bond acceptors (Lipinski definition) is 5. The molecule has 2 aromatic rings. The van der Waals surface area contributed by atoms with Crippen LogP contribution in [0.1, 0.15) is 10.5 Å². The van der Waals surface area contributed by atoms with E-state index in [1.807, 2.05) is 0 Å². The van der Waals surface area contributed by atoms with Crippen LogP contribution in [-0.4, -0.2) is 30.9 Å². The van der Waals surface area contributed by atoms with E-state index in [4.69, 9.17) is 9.63 Å². The zero-order chi connectivity index (χ0) is 14.2. The third-order valence-corrected chi connectivity index (χ3v) is 3.98. The number of aromatic carboxylic acids is 1. The van der Waals surface area contributed by atoms with Crippen LogP contribution in [0.25, 0.3) is 11.3 Å². The molecule has 1 aromatic carbocycles. The topological polar surface area (TPSA) is 97.5 Å². The Labute approximate surface area is 117 Å². The van der Waals surface area contributed by atoms with E-state index >= 15 is 0 Å². The zero-order valence-corrected chi connectivity index (χ0v) is 12.0. The van der Waals surface area contributed by atoms with Crippen molar-refractivity contribution in [2.45, 2.75) is 4.90 Å². The van der Waals surface area contributed by atoms with Gasteiger partial charge < -0.3 is 9.63 Å². The fraction of sp³-hybridized carbons (Fsp3) is 0.0909. The summed E-state index contributed by atoms with van der Waals surface area (Å²) in [4.78, 5) is 10.8. The van der Waals surface area contributed by atoms with E-state index in [9.17, 15) is 13.2 Å². The van der Waals surface area contributed by atoms with Crippen LogP contribution in [0.2, 0.25) is 0 Å². The molecule has 0 radical (unpaired) electrons. The average molecular weight is 346 g/mol. The molecule has 0 aliphatic rings. The first-order valence-electron chi connectivity index (χ1n) is 4.99. The van der Waals surface area contributed by atoms with Crippen LogP contribution in [0.3, 0.4) is 0 Å². The maximum Gasteiger partial charge on any atom is 0.358 e. The van der Waals surface area contributed by atoms with Crippen molar-refractivity contribution < 1.29 is 22.8 Å². The highest BCUT2D eigenvalue weighted by Crippen LogP contribution is 2.30. The van der Waals surface area contributed by atoms with Crippen molar-refractivity contribution in [3.8, 4) is 11.3 Å². The number of benzene rings is 1. The Morgan fingerprint density at radius 3 is 2.58 bits per heavy atom. The van der Waals surface area contributed by atoms with Crippen molar-refractivity contribution >= 4 is 31.7 Å². The quantitative estimate of drug-likeness (QED) is 0.915. The van der Waals surface area contributed by atoms with Crippen LogP contribution < -0.4 is 0 Å². The lowest BCUT2D eigenvalue weighted by atomic mass is 10.1. The third-order valence-electron chi connectivity index (χ3n) is 2.34. The fourth-order valence-corrected chi connectivity index (χ4v) is 2.76. The number of carboxylic acids is 1. The molecule has 0 aliphatic heterocycles. The Kier molecular flexibility index (Phi) is 3.46. The molecule has 0 atom stereocenters. The number of carboxylic acid groups (broad SMARTS) is 1. The highest BCUT2D eigenvalue weighted by molar-refractivity contribution is 9.10. The van der Waals surface area contributed by atoms with E-state index in [1.54, 1.807) is 6.07 Å². The molecule has 8 heteroatoms.